The van der Waals surface area contributed by atoms with Crippen LogP contribution in [0.1, 0.15) is 23.2 Å². The fourth-order valence-corrected chi connectivity index (χ4v) is 1.86. The third-order valence-electron chi connectivity index (χ3n) is 2.81. The van der Waals surface area contributed by atoms with Crippen LogP contribution in [0, 0.1) is 0 Å². The minimum absolute atomic E-state index is 0.0309. The van der Waals surface area contributed by atoms with Crippen LogP contribution in [-0.2, 0) is 9.47 Å². The van der Waals surface area contributed by atoms with Gasteiger partial charge in [-0.05, 0) is 25.0 Å². The van der Waals surface area contributed by atoms with E-state index in [1.54, 1.807) is 24.3 Å². The number of benzene rings is 1. The second-order valence-electron chi connectivity index (χ2n) is 4.10. The lowest BCUT2D eigenvalue weighted by atomic mass is 10.2. The van der Waals surface area contributed by atoms with Gasteiger partial charge in [0.05, 0.1) is 24.4 Å². The van der Waals surface area contributed by atoms with Crippen LogP contribution in [0.25, 0.3) is 0 Å². The van der Waals surface area contributed by atoms with Crippen molar-refractivity contribution in [2.45, 2.75) is 25.0 Å². The molecule has 1 heterocycles. The lowest BCUT2D eigenvalue weighted by molar-refractivity contribution is -0.0231. The Morgan fingerprint density at radius 2 is 2.00 bits per heavy atom. The summed E-state index contributed by atoms with van der Waals surface area (Å²) in [5.74, 6) is -0.332. The minimum atomic E-state index is -0.332. The average molecular weight is 236 g/mol. The second-order valence-corrected chi connectivity index (χ2v) is 4.10. The van der Waals surface area contributed by atoms with Crippen LogP contribution in [0.4, 0.5) is 0 Å². The van der Waals surface area contributed by atoms with Gasteiger partial charge in [-0.25, -0.2) is 4.79 Å². The molecule has 0 aromatic heterocycles. The van der Waals surface area contributed by atoms with Crippen LogP contribution in [-0.4, -0.2) is 36.5 Å². The van der Waals surface area contributed by atoms with E-state index in [1.165, 1.54) is 0 Å². The molecule has 4 heteroatoms. The van der Waals surface area contributed by atoms with Crippen molar-refractivity contribution in [1.29, 1.82) is 0 Å². The molecular weight excluding hydrogens is 220 g/mol. The number of aliphatic hydroxyl groups is 1. The van der Waals surface area contributed by atoms with Crippen LogP contribution < -0.4 is 0 Å². The number of carbonyl (C=O) groups excluding carboxylic acids is 1. The van der Waals surface area contributed by atoms with Gasteiger partial charge in [-0.1, -0.05) is 18.2 Å². The van der Waals surface area contributed by atoms with Crippen LogP contribution in [0.2, 0.25) is 0 Å². The molecule has 17 heavy (non-hydrogen) atoms. The number of hydrogen-bond acceptors (Lipinski definition) is 4. The fourth-order valence-electron chi connectivity index (χ4n) is 1.86. The van der Waals surface area contributed by atoms with Crippen molar-refractivity contribution in [3.8, 4) is 0 Å². The molecule has 2 atom stereocenters. The Labute approximate surface area is 100 Å². The van der Waals surface area contributed by atoms with E-state index in [2.05, 4.69) is 0 Å². The van der Waals surface area contributed by atoms with Gasteiger partial charge in [0.2, 0.25) is 0 Å². The van der Waals surface area contributed by atoms with E-state index in [9.17, 15) is 4.79 Å². The second kappa shape index (κ2) is 5.80. The average Bonchev–Trinajstić information content (AvgIpc) is 2.85. The maximum atomic E-state index is 11.6. The third-order valence-corrected chi connectivity index (χ3v) is 2.81. The van der Waals surface area contributed by atoms with E-state index in [-0.39, 0.29) is 31.4 Å². The van der Waals surface area contributed by atoms with Gasteiger partial charge >= 0.3 is 5.97 Å². The molecule has 1 aliphatic rings. The summed E-state index contributed by atoms with van der Waals surface area (Å²) in [5, 5.41) is 8.91. The smallest absolute Gasteiger partial charge is 0.338 e. The van der Waals surface area contributed by atoms with Gasteiger partial charge in [0.15, 0.2) is 0 Å². The standard InChI is InChI=1S/C13H16O4/c14-8-11-6-7-12(17-11)9-16-13(15)10-4-2-1-3-5-10/h1-5,11-12,14H,6-9H2/t11-,12+/m0/s1. The Morgan fingerprint density at radius 1 is 1.29 bits per heavy atom. The van der Waals surface area contributed by atoms with Gasteiger partial charge < -0.3 is 14.6 Å². The monoisotopic (exact) mass is 236 g/mol. The molecule has 92 valence electrons. The molecule has 0 saturated carbocycles. The highest BCUT2D eigenvalue weighted by Crippen LogP contribution is 2.19. The van der Waals surface area contributed by atoms with Crippen molar-refractivity contribution in [2.75, 3.05) is 13.2 Å². The zero-order valence-corrected chi connectivity index (χ0v) is 9.54. The summed E-state index contributed by atoms with van der Waals surface area (Å²) in [6.45, 7) is 0.285. The lowest BCUT2D eigenvalue weighted by Crippen LogP contribution is -2.21. The molecule has 4 nitrogen and oxygen atoms in total. The van der Waals surface area contributed by atoms with Crippen molar-refractivity contribution in [2.24, 2.45) is 0 Å². The minimum Gasteiger partial charge on any atom is -0.459 e. The molecule has 1 aliphatic heterocycles. The molecule has 0 aliphatic carbocycles. The molecule has 0 radical (unpaired) electrons. The molecule has 0 unspecified atom stereocenters. The Balaban J connectivity index is 1.78. The predicted octanol–water partition coefficient (Wildman–Crippen LogP) is 1.38. The number of esters is 1. The highest BCUT2D eigenvalue weighted by atomic mass is 16.6. The summed E-state index contributed by atoms with van der Waals surface area (Å²) < 4.78 is 10.6. The van der Waals surface area contributed by atoms with Gasteiger partial charge in [-0.2, -0.15) is 0 Å². The predicted molar refractivity (Wildman–Crippen MR) is 61.7 cm³/mol. The number of carbonyl (C=O) groups is 1. The molecule has 1 saturated heterocycles. The van der Waals surface area contributed by atoms with Gasteiger partial charge in [-0.3, -0.25) is 0 Å². The van der Waals surface area contributed by atoms with E-state index >= 15 is 0 Å². The van der Waals surface area contributed by atoms with Gasteiger partial charge in [0.25, 0.3) is 0 Å². The maximum Gasteiger partial charge on any atom is 0.338 e. The molecule has 1 fully saturated rings. The number of ether oxygens (including phenoxy) is 2. The van der Waals surface area contributed by atoms with Crippen molar-refractivity contribution in [3.05, 3.63) is 35.9 Å². The molecule has 0 spiro atoms. The largest absolute Gasteiger partial charge is 0.459 e. The van der Waals surface area contributed by atoms with Gasteiger partial charge in [0, 0.05) is 0 Å². The van der Waals surface area contributed by atoms with Gasteiger partial charge in [-0.15, -0.1) is 0 Å². The molecule has 1 aromatic carbocycles. The molecule has 0 amide bonds. The molecule has 0 bridgehead atoms. The first kappa shape index (κ1) is 12.1. The third kappa shape index (κ3) is 3.28. The SMILES string of the molecule is O=C(OC[C@H]1CC[C@@H](CO)O1)c1ccccc1. The first-order valence-corrected chi connectivity index (χ1v) is 5.78. The normalized spacial score (nSPS) is 23.6. The Morgan fingerprint density at radius 3 is 2.65 bits per heavy atom. The fraction of sp³-hybridized carbons (Fsp3) is 0.462. The summed E-state index contributed by atoms with van der Waals surface area (Å²) in [5.41, 5.74) is 0.546. The Bertz CT molecular complexity index is 363. The quantitative estimate of drug-likeness (QED) is 0.802. The van der Waals surface area contributed by atoms with Crippen molar-refractivity contribution >= 4 is 5.97 Å². The number of rotatable bonds is 4. The summed E-state index contributed by atoms with van der Waals surface area (Å²) in [7, 11) is 0. The first-order chi connectivity index (χ1) is 8.29. The van der Waals surface area contributed by atoms with Crippen LogP contribution in [0.5, 0.6) is 0 Å². The van der Waals surface area contributed by atoms with Crippen molar-refractivity contribution in [1.82, 2.24) is 0 Å². The lowest BCUT2D eigenvalue weighted by Gasteiger charge is -2.12. The Kier molecular flexibility index (Phi) is 4.12. The zero-order valence-electron chi connectivity index (χ0n) is 9.54. The van der Waals surface area contributed by atoms with E-state index in [1.807, 2.05) is 6.07 Å². The van der Waals surface area contributed by atoms with Crippen molar-refractivity contribution in [3.63, 3.8) is 0 Å². The van der Waals surface area contributed by atoms with E-state index in [0.717, 1.165) is 12.8 Å². The summed E-state index contributed by atoms with van der Waals surface area (Å²) >= 11 is 0. The highest BCUT2D eigenvalue weighted by Gasteiger charge is 2.25. The molecule has 1 aromatic rings. The van der Waals surface area contributed by atoms with Crippen LogP contribution in [0.15, 0.2) is 30.3 Å². The van der Waals surface area contributed by atoms with E-state index < -0.39 is 0 Å². The van der Waals surface area contributed by atoms with Crippen LogP contribution in [0.3, 0.4) is 0 Å². The van der Waals surface area contributed by atoms with Crippen LogP contribution >= 0.6 is 0 Å². The Hall–Kier alpha value is -1.39. The summed E-state index contributed by atoms with van der Waals surface area (Å²) in [6.07, 6.45) is 1.47. The topological polar surface area (TPSA) is 55.8 Å². The summed E-state index contributed by atoms with van der Waals surface area (Å²) in [6, 6.07) is 8.88. The van der Waals surface area contributed by atoms with Crippen molar-refractivity contribution < 1.29 is 19.4 Å². The summed E-state index contributed by atoms with van der Waals surface area (Å²) in [4.78, 5) is 11.6. The van der Waals surface area contributed by atoms with Gasteiger partial charge in [0.1, 0.15) is 6.61 Å². The highest BCUT2D eigenvalue weighted by molar-refractivity contribution is 5.89. The van der Waals surface area contributed by atoms with E-state index in [0.29, 0.717) is 5.56 Å². The molecule has 2 rings (SSSR count). The van der Waals surface area contributed by atoms with E-state index in [4.69, 9.17) is 14.6 Å². The number of hydrogen-bond donors (Lipinski definition) is 1. The molecular formula is C13H16O4. The zero-order chi connectivity index (χ0) is 12.1. The maximum absolute atomic E-state index is 11.6. The molecule has 1 N–H and O–H groups in total. The number of aliphatic hydroxyl groups excluding tert-OH is 1. The first-order valence-electron chi connectivity index (χ1n) is 5.78.